The number of nitrogens with one attached hydrogen (secondary N) is 1. The van der Waals surface area contributed by atoms with E-state index < -0.39 is 11.4 Å². The van der Waals surface area contributed by atoms with Crippen LogP contribution in [0.5, 0.6) is 0 Å². The van der Waals surface area contributed by atoms with E-state index in [9.17, 15) is 4.79 Å². The molecule has 0 aromatic rings. The third-order valence-electron chi connectivity index (χ3n) is 2.43. The lowest BCUT2D eigenvalue weighted by molar-refractivity contribution is -0.147. The van der Waals surface area contributed by atoms with E-state index in [-0.39, 0.29) is 0 Å². The Bertz CT molecular complexity index is 166. The number of carbonyl (C=O) groups is 1. The second-order valence-electron chi connectivity index (χ2n) is 4.20. The largest absolute Gasteiger partial charge is 0.481 e. The molecule has 0 heterocycles. The minimum Gasteiger partial charge on any atom is -0.481 e. The predicted molar refractivity (Wildman–Crippen MR) is 53.8 cm³/mol. The monoisotopic (exact) mass is 187 g/mol. The molecule has 0 aliphatic heterocycles. The zero-order valence-corrected chi connectivity index (χ0v) is 9.05. The topological polar surface area (TPSA) is 49.3 Å². The van der Waals surface area contributed by atoms with Crippen molar-refractivity contribution in [1.82, 2.24) is 5.32 Å². The molecule has 0 bridgehead atoms. The van der Waals surface area contributed by atoms with Gasteiger partial charge in [-0.2, -0.15) is 0 Å². The smallest absolute Gasteiger partial charge is 0.309 e. The maximum atomic E-state index is 10.7. The lowest BCUT2D eigenvalue weighted by Gasteiger charge is -2.20. The van der Waals surface area contributed by atoms with Crippen molar-refractivity contribution in [3.8, 4) is 0 Å². The van der Waals surface area contributed by atoms with Crippen LogP contribution in [0.2, 0.25) is 0 Å². The van der Waals surface area contributed by atoms with Crippen LogP contribution in [0.1, 0.15) is 40.5 Å². The van der Waals surface area contributed by atoms with Crippen LogP contribution < -0.4 is 5.32 Å². The molecule has 0 saturated carbocycles. The van der Waals surface area contributed by atoms with E-state index in [0.717, 1.165) is 13.0 Å². The minimum atomic E-state index is -0.724. The number of hydrogen-bond acceptors (Lipinski definition) is 2. The summed E-state index contributed by atoms with van der Waals surface area (Å²) >= 11 is 0. The summed E-state index contributed by atoms with van der Waals surface area (Å²) in [6.07, 6.45) is 1.75. The van der Waals surface area contributed by atoms with Crippen molar-refractivity contribution in [3.05, 3.63) is 0 Å². The van der Waals surface area contributed by atoms with Gasteiger partial charge in [0.2, 0.25) is 0 Å². The van der Waals surface area contributed by atoms with E-state index in [4.69, 9.17) is 5.11 Å². The van der Waals surface area contributed by atoms with Crippen molar-refractivity contribution in [2.24, 2.45) is 5.41 Å². The second-order valence-corrected chi connectivity index (χ2v) is 4.20. The van der Waals surface area contributed by atoms with Crippen LogP contribution in [-0.2, 0) is 4.79 Å². The summed E-state index contributed by atoms with van der Waals surface area (Å²) in [7, 11) is 0. The van der Waals surface area contributed by atoms with E-state index in [1.165, 1.54) is 0 Å². The maximum absolute atomic E-state index is 10.7. The van der Waals surface area contributed by atoms with Gasteiger partial charge in [0.05, 0.1) is 5.41 Å². The zero-order chi connectivity index (χ0) is 10.5. The van der Waals surface area contributed by atoms with Crippen molar-refractivity contribution in [3.63, 3.8) is 0 Å². The number of rotatable bonds is 6. The van der Waals surface area contributed by atoms with Crippen LogP contribution in [0, 0.1) is 5.41 Å². The molecule has 0 radical (unpaired) electrons. The Morgan fingerprint density at radius 3 is 2.46 bits per heavy atom. The summed E-state index contributed by atoms with van der Waals surface area (Å²) in [6, 6.07) is 0.476. The summed E-state index contributed by atoms with van der Waals surface area (Å²) in [5, 5.41) is 12.1. The Labute approximate surface area is 80.5 Å². The Morgan fingerprint density at radius 2 is 2.08 bits per heavy atom. The van der Waals surface area contributed by atoms with E-state index >= 15 is 0 Å². The van der Waals surface area contributed by atoms with E-state index in [2.05, 4.69) is 19.2 Å². The van der Waals surface area contributed by atoms with Gasteiger partial charge in [0.25, 0.3) is 0 Å². The summed E-state index contributed by atoms with van der Waals surface area (Å²) < 4.78 is 0. The van der Waals surface area contributed by atoms with Crippen molar-refractivity contribution in [2.75, 3.05) is 6.54 Å². The van der Waals surface area contributed by atoms with Gasteiger partial charge >= 0.3 is 5.97 Å². The molecule has 0 aromatic carbocycles. The first-order valence-corrected chi connectivity index (χ1v) is 4.87. The standard InChI is InChI=1S/C10H21NO2/c1-5-8(2)11-7-6-10(3,4)9(12)13/h8,11H,5-7H2,1-4H3,(H,12,13). The van der Waals surface area contributed by atoms with Crippen LogP contribution in [0.4, 0.5) is 0 Å². The molecular formula is C10H21NO2. The third-order valence-corrected chi connectivity index (χ3v) is 2.43. The van der Waals surface area contributed by atoms with Crippen molar-refractivity contribution >= 4 is 5.97 Å². The molecule has 0 spiro atoms. The maximum Gasteiger partial charge on any atom is 0.309 e. The summed E-state index contributed by atoms with van der Waals surface area (Å²) in [5.41, 5.74) is -0.611. The molecule has 0 saturated heterocycles. The fourth-order valence-corrected chi connectivity index (χ4v) is 0.882. The summed E-state index contributed by atoms with van der Waals surface area (Å²) in [5.74, 6) is -0.724. The van der Waals surface area contributed by atoms with Crippen LogP contribution in [0.15, 0.2) is 0 Å². The highest BCUT2D eigenvalue weighted by Gasteiger charge is 2.26. The average molecular weight is 187 g/mol. The van der Waals surface area contributed by atoms with Gasteiger partial charge < -0.3 is 10.4 Å². The number of hydrogen-bond donors (Lipinski definition) is 2. The molecule has 0 aliphatic rings. The van der Waals surface area contributed by atoms with Crippen LogP contribution in [0.25, 0.3) is 0 Å². The molecule has 0 fully saturated rings. The Balaban J connectivity index is 3.70. The second kappa shape index (κ2) is 5.22. The average Bonchev–Trinajstić information content (AvgIpc) is 2.03. The summed E-state index contributed by atoms with van der Waals surface area (Å²) in [6.45, 7) is 8.50. The van der Waals surface area contributed by atoms with E-state index in [0.29, 0.717) is 12.5 Å². The molecule has 0 rings (SSSR count). The molecule has 0 amide bonds. The molecule has 0 aromatic heterocycles. The first-order chi connectivity index (χ1) is 5.90. The fourth-order valence-electron chi connectivity index (χ4n) is 0.882. The lowest BCUT2D eigenvalue weighted by Crippen LogP contribution is -2.32. The van der Waals surface area contributed by atoms with Gasteiger partial charge in [-0.1, -0.05) is 6.92 Å². The third kappa shape index (κ3) is 4.88. The van der Waals surface area contributed by atoms with Gasteiger partial charge in [-0.05, 0) is 40.2 Å². The normalized spacial score (nSPS) is 14.2. The molecule has 1 atom stereocenters. The first-order valence-electron chi connectivity index (χ1n) is 4.87. The highest BCUT2D eigenvalue weighted by atomic mass is 16.4. The van der Waals surface area contributed by atoms with E-state index in [1.54, 1.807) is 13.8 Å². The van der Waals surface area contributed by atoms with E-state index in [1.807, 2.05) is 0 Å². The SMILES string of the molecule is CCC(C)NCCC(C)(C)C(=O)O. The van der Waals surface area contributed by atoms with Crippen LogP contribution >= 0.6 is 0 Å². The lowest BCUT2D eigenvalue weighted by atomic mass is 9.89. The number of carboxylic acid groups (broad SMARTS) is 1. The Kier molecular flexibility index (Phi) is 4.99. The summed E-state index contributed by atoms with van der Waals surface area (Å²) in [4.78, 5) is 10.7. The van der Waals surface area contributed by atoms with Crippen molar-refractivity contribution in [2.45, 2.75) is 46.6 Å². The van der Waals surface area contributed by atoms with Gasteiger partial charge in [0.15, 0.2) is 0 Å². The zero-order valence-electron chi connectivity index (χ0n) is 9.05. The molecule has 1 unspecified atom stereocenters. The highest BCUT2D eigenvalue weighted by molar-refractivity contribution is 5.73. The van der Waals surface area contributed by atoms with Gasteiger partial charge in [-0.25, -0.2) is 0 Å². The molecule has 3 heteroatoms. The highest BCUT2D eigenvalue weighted by Crippen LogP contribution is 2.19. The molecule has 13 heavy (non-hydrogen) atoms. The molecule has 3 nitrogen and oxygen atoms in total. The molecule has 78 valence electrons. The Hall–Kier alpha value is -0.570. The molecule has 2 N–H and O–H groups in total. The van der Waals surface area contributed by atoms with Gasteiger partial charge in [0.1, 0.15) is 0 Å². The van der Waals surface area contributed by atoms with Gasteiger partial charge in [-0.3, -0.25) is 4.79 Å². The predicted octanol–water partition coefficient (Wildman–Crippen LogP) is 1.88. The molecular weight excluding hydrogens is 166 g/mol. The van der Waals surface area contributed by atoms with Gasteiger partial charge in [-0.15, -0.1) is 0 Å². The Morgan fingerprint density at radius 1 is 1.54 bits per heavy atom. The van der Waals surface area contributed by atoms with Crippen molar-refractivity contribution < 1.29 is 9.90 Å². The quantitative estimate of drug-likeness (QED) is 0.667. The van der Waals surface area contributed by atoms with Crippen LogP contribution in [0.3, 0.4) is 0 Å². The van der Waals surface area contributed by atoms with Gasteiger partial charge in [0, 0.05) is 6.04 Å². The molecule has 0 aliphatic carbocycles. The number of carboxylic acids is 1. The van der Waals surface area contributed by atoms with Crippen LogP contribution in [-0.4, -0.2) is 23.7 Å². The fraction of sp³-hybridized carbons (Fsp3) is 0.900. The number of aliphatic carboxylic acids is 1. The van der Waals surface area contributed by atoms with Crippen molar-refractivity contribution in [1.29, 1.82) is 0 Å². The minimum absolute atomic E-state index is 0.476. The first kappa shape index (κ1) is 12.4.